The van der Waals surface area contributed by atoms with Crippen LogP contribution in [0.2, 0.25) is 0 Å². The van der Waals surface area contributed by atoms with Crippen LogP contribution in [0.15, 0.2) is 193 Å². The molecule has 2 aliphatic carbocycles. The molecule has 3 heterocycles. The van der Waals surface area contributed by atoms with E-state index in [0.717, 1.165) is 38.6 Å². The molecule has 3 aliphatic rings. The van der Waals surface area contributed by atoms with Gasteiger partial charge < -0.3 is 4.57 Å². The van der Waals surface area contributed by atoms with Gasteiger partial charge in [-0.15, -0.1) is 11.8 Å². The molecule has 12 rings (SSSR count). The van der Waals surface area contributed by atoms with Gasteiger partial charge in [0.15, 0.2) is 17.5 Å². The summed E-state index contributed by atoms with van der Waals surface area (Å²) in [4.78, 5) is 16.1. The maximum Gasteiger partial charge on any atom is 0.417 e. The van der Waals surface area contributed by atoms with Gasteiger partial charge in [0.25, 0.3) is 0 Å². The Hall–Kier alpha value is -8.44. The highest BCUT2D eigenvalue weighted by Crippen LogP contribution is 2.47. The Labute approximate surface area is 439 Å². The molecule has 9 aromatic rings. The second-order valence-electron chi connectivity index (χ2n) is 18.7. The molecule has 0 amide bonds. The fraction of sp³-hybridized carbons (Fsp3) is 0.0984. The van der Waals surface area contributed by atoms with Crippen LogP contribution in [0.4, 0.5) is 52.7 Å². The molecule has 0 N–H and O–H groups in total. The van der Waals surface area contributed by atoms with Crippen LogP contribution in [0.5, 0.6) is 0 Å². The molecule has 0 saturated carbocycles. The van der Waals surface area contributed by atoms with E-state index in [9.17, 15) is 52.7 Å². The van der Waals surface area contributed by atoms with E-state index in [-0.39, 0.29) is 63.4 Å². The number of halogens is 12. The molecule has 0 radical (unpaired) electrons. The van der Waals surface area contributed by atoms with Crippen molar-refractivity contribution in [1.82, 2.24) is 19.5 Å². The maximum atomic E-state index is 14.9. The predicted molar refractivity (Wildman–Crippen MR) is 278 cm³/mol. The highest BCUT2D eigenvalue weighted by molar-refractivity contribution is 8.00. The van der Waals surface area contributed by atoms with Crippen molar-refractivity contribution in [3.8, 4) is 45.0 Å². The molecular formula is C61H34F12N4S. The number of aromatic nitrogens is 4. The van der Waals surface area contributed by atoms with Gasteiger partial charge in [-0.2, -0.15) is 52.7 Å². The quantitative estimate of drug-likeness (QED) is 0.156. The number of rotatable bonds is 6. The summed E-state index contributed by atoms with van der Waals surface area (Å²) in [5, 5.41) is 2.65. The lowest BCUT2D eigenvalue weighted by Gasteiger charge is -2.22. The molecule has 388 valence electrons. The number of alkyl halides is 12. The number of hydrogen-bond donors (Lipinski definition) is 0. The summed E-state index contributed by atoms with van der Waals surface area (Å²) in [6.45, 7) is 0. The summed E-state index contributed by atoms with van der Waals surface area (Å²) in [5.74, 6) is 0.694. The van der Waals surface area contributed by atoms with Crippen LogP contribution < -0.4 is 10.4 Å². The second kappa shape index (κ2) is 18.6. The third kappa shape index (κ3) is 9.08. The monoisotopic (exact) mass is 1080 g/mol. The highest BCUT2D eigenvalue weighted by Gasteiger charge is 2.40. The first-order chi connectivity index (χ1) is 37.2. The van der Waals surface area contributed by atoms with Gasteiger partial charge in [-0.25, -0.2) is 15.0 Å². The zero-order valence-electron chi connectivity index (χ0n) is 39.9. The first-order valence-electron chi connectivity index (χ1n) is 24.0. The van der Waals surface area contributed by atoms with Crippen LogP contribution in [0, 0.1) is 0 Å². The normalized spacial score (nSPS) is 16.4. The minimum Gasteiger partial charge on any atom is -0.309 e. The molecule has 1 aliphatic heterocycles. The number of benzene rings is 7. The molecular weight excluding hydrogens is 1050 g/mol. The van der Waals surface area contributed by atoms with Gasteiger partial charge in [0.05, 0.1) is 44.2 Å². The summed E-state index contributed by atoms with van der Waals surface area (Å²) < 4.78 is 175. The van der Waals surface area contributed by atoms with Crippen molar-refractivity contribution in [2.45, 2.75) is 41.3 Å². The van der Waals surface area contributed by atoms with Crippen LogP contribution >= 0.6 is 11.8 Å². The Morgan fingerprint density at radius 1 is 0.462 bits per heavy atom. The van der Waals surface area contributed by atoms with Crippen molar-refractivity contribution in [2.75, 3.05) is 0 Å². The topological polar surface area (TPSA) is 43.6 Å². The van der Waals surface area contributed by atoms with Crippen molar-refractivity contribution in [2.24, 2.45) is 0 Å². The Balaban J connectivity index is 1.20. The Morgan fingerprint density at radius 3 is 1.50 bits per heavy atom. The standard InChI is InChI=1S/C61H34F12N4S/c62-58(63,64)38-21-25-40(47(31-38)60(68,69)70)36-18-23-43-44-24-19-37(41-26-22-39(59(65,66)67)32-48(41)61(71,72)73)30-51(44)77(50(43)29-36)49-27-20-35(42-15-9-17-53-54(42)45-14-7-8-16-52(45)78-53)28-46(49)57-75-55(33-10-3-1-4-11-33)74-56(76-57)34-12-5-2-6-13-34/h1-27,29-32,52H,28H2. The molecule has 1 unspecified atom stereocenters. The van der Waals surface area contributed by atoms with Crippen molar-refractivity contribution in [3.05, 3.63) is 227 Å². The fourth-order valence-electron chi connectivity index (χ4n) is 10.4. The van der Waals surface area contributed by atoms with Crippen molar-refractivity contribution in [3.63, 3.8) is 0 Å². The largest absolute Gasteiger partial charge is 0.417 e. The van der Waals surface area contributed by atoms with E-state index < -0.39 is 58.1 Å². The van der Waals surface area contributed by atoms with Gasteiger partial charge in [0.2, 0.25) is 0 Å². The van der Waals surface area contributed by atoms with Crippen molar-refractivity contribution in [1.29, 1.82) is 0 Å². The molecule has 0 fully saturated rings. The van der Waals surface area contributed by atoms with Crippen LogP contribution in [0.25, 0.3) is 89.3 Å². The van der Waals surface area contributed by atoms with Gasteiger partial charge >= 0.3 is 24.7 Å². The average molecular weight is 1080 g/mol. The maximum absolute atomic E-state index is 14.9. The molecule has 17 heteroatoms. The van der Waals surface area contributed by atoms with Crippen LogP contribution in [-0.2, 0) is 24.7 Å². The summed E-state index contributed by atoms with van der Waals surface area (Å²) in [5.41, 5.74) is -3.46. The van der Waals surface area contributed by atoms with Gasteiger partial charge in [-0.05, 0) is 87.2 Å². The number of nitrogens with zero attached hydrogens (tertiary/aromatic N) is 4. The first-order valence-corrected chi connectivity index (χ1v) is 24.9. The lowest BCUT2D eigenvalue weighted by atomic mass is 9.92. The lowest BCUT2D eigenvalue weighted by Crippen LogP contribution is -2.30. The molecule has 7 aromatic carbocycles. The fourth-order valence-corrected chi connectivity index (χ4v) is 11.6. The Bertz CT molecular complexity index is 4010. The number of allylic oxidation sites excluding steroid dienone is 7. The van der Waals surface area contributed by atoms with Crippen molar-refractivity contribution >= 4 is 56.0 Å². The Kier molecular flexibility index (Phi) is 12.0. The molecule has 1 atom stereocenters. The molecule has 4 nitrogen and oxygen atoms in total. The van der Waals surface area contributed by atoms with Gasteiger partial charge in [-0.3, -0.25) is 0 Å². The van der Waals surface area contributed by atoms with Gasteiger partial charge in [0, 0.05) is 44.0 Å². The first kappa shape index (κ1) is 50.4. The van der Waals surface area contributed by atoms with E-state index in [2.05, 4.69) is 12.2 Å². The molecule has 0 bridgehead atoms. The highest BCUT2D eigenvalue weighted by atomic mass is 32.2. The Morgan fingerprint density at radius 2 is 0.987 bits per heavy atom. The lowest BCUT2D eigenvalue weighted by molar-refractivity contribution is -0.144. The third-order valence-corrected chi connectivity index (χ3v) is 15.2. The van der Waals surface area contributed by atoms with E-state index in [1.165, 1.54) is 36.4 Å². The van der Waals surface area contributed by atoms with Gasteiger partial charge in [-0.1, -0.05) is 140 Å². The van der Waals surface area contributed by atoms with Crippen LogP contribution in [-0.4, -0.2) is 24.8 Å². The van der Waals surface area contributed by atoms with Gasteiger partial charge in [0.1, 0.15) is 0 Å². The zero-order chi connectivity index (χ0) is 54.5. The summed E-state index contributed by atoms with van der Waals surface area (Å²) in [6.07, 6.45) is -8.95. The van der Waals surface area contributed by atoms with E-state index >= 15 is 0 Å². The molecule has 78 heavy (non-hydrogen) atoms. The molecule has 0 saturated heterocycles. The van der Waals surface area contributed by atoms with Crippen LogP contribution in [0.1, 0.15) is 34.5 Å². The summed E-state index contributed by atoms with van der Waals surface area (Å²) >= 11 is 1.69. The van der Waals surface area contributed by atoms with E-state index in [0.29, 0.717) is 45.3 Å². The number of hydrogen-bond acceptors (Lipinski definition) is 4. The van der Waals surface area contributed by atoms with E-state index in [1.54, 1.807) is 22.4 Å². The average Bonchev–Trinajstić information content (AvgIpc) is 4.04. The van der Waals surface area contributed by atoms with Crippen molar-refractivity contribution < 1.29 is 52.7 Å². The smallest absolute Gasteiger partial charge is 0.309 e. The SMILES string of the molecule is FC(F)(F)c1ccc(-c2ccc3c4ccc(-c5ccc(C(F)(F)F)cc5C(F)(F)F)cc4n(C4=C(c5nc(-c6ccccc6)nc(-c6ccccc6)n5)CC(=c5cccc6c5=C5C=CC=CC5S6)C=C4)c3c2)c(C(F)(F)F)c1. The summed E-state index contributed by atoms with van der Waals surface area (Å²) in [6, 6.07) is 35.1. The number of thioether (sulfide) groups is 1. The van der Waals surface area contributed by atoms with E-state index in [1.807, 2.05) is 97.1 Å². The van der Waals surface area contributed by atoms with E-state index in [4.69, 9.17) is 15.0 Å². The second-order valence-corrected chi connectivity index (χ2v) is 19.8. The molecule has 2 aromatic heterocycles. The predicted octanol–water partition coefficient (Wildman–Crippen LogP) is 16.7. The third-order valence-electron chi connectivity index (χ3n) is 13.9. The van der Waals surface area contributed by atoms with Crippen LogP contribution in [0.3, 0.4) is 0 Å². The minimum absolute atomic E-state index is 0.0413. The number of fused-ring (bicyclic) bond motifs is 5. The minimum atomic E-state index is -5.26. The summed E-state index contributed by atoms with van der Waals surface area (Å²) in [7, 11) is 0. The molecule has 0 spiro atoms. The zero-order valence-corrected chi connectivity index (χ0v) is 40.7.